The van der Waals surface area contributed by atoms with Gasteiger partial charge in [0.15, 0.2) is 5.56 Å². The number of rotatable bonds is 6. The molecule has 34 heavy (non-hydrogen) atoms. The van der Waals surface area contributed by atoms with E-state index in [0.29, 0.717) is 24.3 Å². The van der Waals surface area contributed by atoms with Crippen LogP contribution >= 0.6 is 0 Å². The summed E-state index contributed by atoms with van der Waals surface area (Å²) in [5, 5.41) is 17.8. The fourth-order valence-corrected chi connectivity index (χ4v) is 4.26. The molecule has 0 aromatic carbocycles. The van der Waals surface area contributed by atoms with E-state index in [4.69, 9.17) is 0 Å². The molecular weight excluding hydrogens is 436 g/mol. The lowest BCUT2D eigenvalue weighted by molar-refractivity contribution is -0.114. The molecule has 2 aliphatic rings. The molecule has 10 nitrogen and oxygen atoms in total. The molecule has 0 spiro atoms. The Morgan fingerprint density at radius 3 is 2.82 bits per heavy atom. The van der Waals surface area contributed by atoms with Gasteiger partial charge in [-0.05, 0) is 42.9 Å². The zero-order valence-corrected chi connectivity index (χ0v) is 19.1. The number of anilines is 1. The summed E-state index contributed by atoms with van der Waals surface area (Å²) in [6.45, 7) is 4.79. The third kappa shape index (κ3) is 3.85. The minimum atomic E-state index is -0.602. The van der Waals surface area contributed by atoms with E-state index >= 15 is 0 Å². The smallest absolute Gasteiger partial charge is 0.270 e. The normalized spacial score (nSPS) is 15.4. The van der Waals surface area contributed by atoms with Gasteiger partial charge in [0.25, 0.3) is 17.4 Å². The summed E-state index contributed by atoms with van der Waals surface area (Å²) in [7, 11) is 0. The Kier molecular flexibility index (Phi) is 5.43. The Morgan fingerprint density at radius 1 is 1.29 bits per heavy atom. The van der Waals surface area contributed by atoms with Gasteiger partial charge in [0.05, 0.1) is 11.9 Å². The van der Waals surface area contributed by atoms with Crippen molar-refractivity contribution in [1.82, 2.24) is 24.5 Å². The van der Waals surface area contributed by atoms with Crippen molar-refractivity contribution in [2.45, 2.75) is 45.7 Å². The lowest BCUT2D eigenvalue weighted by Crippen LogP contribution is -2.36. The average Bonchev–Trinajstić information content (AvgIpc) is 3.34. The Hall–Kier alpha value is -3.95. The summed E-state index contributed by atoms with van der Waals surface area (Å²) < 4.78 is 2.63. The van der Waals surface area contributed by atoms with Crippen LogP contribution < -0.4 is 15.8 Å². The molecule has 10 heteroatoms. The number of aromatic nitrogens is 4. The first-order valence-electron chi connectivity index (χ1n) is 11.4. The first kappa shape index (κ1) is 21.9. The number of aromatic hydroxyl groups is 1. The molecule has 0 radical (unpaired) electrons. The number of nitrogens with zero attached hydrogens (tertiary/aromatic N) is 5. The molecule has 0 unspecified atom stereocenters. The van der Waals surface area contributed by atoms with Crippen LogP contribution in [-0.4, -0.2) is 48.7 Å². The molecule has 5 rings (SSSR count). The van der Waals surface area contributed by atoms with Gasteiger partial charge in [-0.25, -0.2) is 0 Å². The molecule has 1 aliphatic heterocycles. The van der Waals surface area contributed by atoms with Crippen molar-refractivity contribution in [1.29, 1.82) is 0 Å². The van der Waals surface area contributed by atoms with Crippen molar-refractivity contribution in [2.24, 2.45) is 5.92 Å². The number of hydrogen-bond acceptors (Lipinski definition) is 6. The maximum absolute atomic E-state index is 13.3. The van der Waals surface area contributed by atoms with Crippen molar-refractivity contribution in [3.8, 4) is 5.88 Å². The molecule has 1 aliphatic carbocycles. The lowest BCUT2D eigenvalue weighted by Gasteiger charge is -2.16. The Labute approximate surface area is 195 Å². The summed E-state index contributed by atoms with van der Waals surface area (Å²) in [6, 6.07) is 1.85. The molecule has 0 saturated heterocycles. The molecule has 3 aromatic rings. The molecule has 2 N–H and O–H groups in total. The van der Waals surface area contributed by atoms with E-state index in [9.17, 15) is 19.5 Å². The van der Waals surface area contributed by atoms with Gasteiger partial charge in [-0.15, -0.1) is 0 Å². The highest BCUT2D eigenvalue weighted by atomic mass is 16.3. The highest BCUT2D eigenvalue weighted by molar-refractivity contribution is 6.05. The highest BCUT2D eigenvalue weighted by Crippen LogP contribution is 2.27. The SMILES string of the molecule is CC(C)Cn1c(=O)c(C(=O)NC2CC2)c(O)n2ncc(/C=C/C(=O)N3CCc4cnccc43)c12. The molecule has 4 heterocycles. The molecular formula is C24H26N6O4. The van der Waals surface area contributed by atoms with E-state index in [1.807, 2.05) is 19.9 Å². The van der Waals surface area contributed by atoms with Gasteiger partial charge < -0.3 is 15.3 Å². The Morgan fingerprint density at radius 2 is 2.09 bits per heavy atom. The molecule has 3 aromatic heterocycles. The summed E-state index contributed by atoms with van der Waals surface area (Å²) >= 11 is 0. The number of carbonyl (C=O) groups excluding carboxylic acids is 2. The van der Waals surface area contributed by atoms with Gasteiger partial charge >= 0.3 is 0 Å². The molecule has 1 saturated carbocycles. The predicted molar refractivity (Wildman–Crippen MR) is 126 cm³/mol. The topological polar surface area (TPSA) is 122 Å². The number of hydrogen-bond donors (Lipinski definition) is 2. The van der Waals surface area contributed by atoms with Gasteiger partial charge in [-0.3, -0.25) is 23.9 Å². The van der Waals surface area contributed by atoms with Gasteiger partial charge in [0, 0.05) is 43.2 Å². The fraction of sp³-hybridized carbons (Fsp3) is 0.375. The second-order valence-electron chi connectivity index (χ2n) is 9.17. The first-order chi connectivity index (χ1) is 16.3. The zero-order valence-electron chi connectivity index (χ0n) is 19.1. The van der Waals surface area contributed by atoms with Crippen LogP contribution in [0.2, 0.25) is 0 Å². The number of nitrogens with one attached hydrogen (secondary N) is 1. The van der Waals surface area contributed by atoms with Crippen LogP contribution in [0.15, 0.2) is 35.5 Å². The van der Waals surface area contributed by atoms with E-state index in [2.05, 4.69) is 15.4 Å². The van der Waals surface area contributed by atoms with Crippen LogP contribution in [0.5, 0.6) is 5.88 Å². The monoisotopic (exact) mass is 462 g/mol. The predicted octanol–water partition coefficient (Wildman–Crippen LogP) is 1.75. The summed E-state index contributed by atoms with van der Waals surface area (Å²) in [5.41, 5.74) is 1.77. The maximum atomic E-state index is 13.3. The van der Waals surface area contributed by atoms with Crippen LogP contribution in [0, 0.1) is 5.92 Å². The molecule has 0 bridgehead atoms. The third-order valence-electron chi connectivity index (χ3n) is 6.04. The van der Waals surface area contributed by atoms with Crippen LogP contribution in [0.25, 0.3) is 11.7 Å². The van der Waals surface area contributed by atoms with Crippen LogP contribution in [0.1, 0.15) is 48.2 Å². The number of amides is 2. The Balaban J connectivity index is 1.54. The highest BCUT2D eigenvalue weighted by Gasteiger charge is 2.30. The van der Waals surface area contributed by atoms with E-state index in [1.54, 1.807) is 23.4 Å². The standard InChI is InChI=1S/C24H26N6O4/c1-14(2)13-29-22-16(3-6-19(31)28-10-8-15-11-25-9-7-18(15)28)12-26-30(22)24(34)20(23(29)33)21(32)27-17-4-5-17/h3,6-7,9,11-12,14,17,34H,4-5,8,10,13H2,1-2H3,(H,27,32)/b6-3+. The second-order valence-corrected chi connectivity index (χ2v) is 9.17. The van der Waals surface area contributed by atoms with Crippen molar-refractivity contribution in [2.75, 3.05) is 11.4 Å². The van der Waals surface area contributed by atoms with E-state index in [-0.39, 0.29) is 23.4 Å². The van der Waals surface area contributed by atoms with E-state index in [1.165, 1.54) is 21.4 Å². The first-order valence-corrected chi connectivity index (χ1v) is 11.4. The fourth-order valence-electron chi connectivity index (χ4n) is 4.26. The summed E-state index contributed by atoms with van der Waals surface area (Å²) in [6.07, 6.45) is 10.4. The van der Waals surface area contributed by atoms with Crippen molar-refractivity contribution >= 4 is 29.2 Å². The lowest BCUT2D eigenvalue weighted by atomic mass is 10.2. The van der Waals surface area contributed by atoms with Crippen molar-refractivity contribution in [3.05, 3.63) is 57.8 Å². The summed E-state index contributed by atoms with van der Waals surface area (Å²) in [4.78, 5) is 44.7. The van der Waals surface area contributed by atoms with Crippen molar-refractivity contribution < 1.29 is 14.7 Å². The molecule has 2 amide bonds. The minimum absolute atomic E-state index is 0.0363. The van der Waals surface area contributed by atoms with Crippen LogP contribution in [-0.2, 0) is 17.8 Å². The summed E-state index contributed by atoms with van der Waals surface area (Å²) in [5.74, 6) is -1.22. The van der Waals surface area contributed by atoms with E-state index in [0.717, 1.165) is 30.5 Å². The number of fused-ring (bicyclic) bond motifs is 2. The minimum Gasteiger partial charge on any atom is -0.492 e. The van der Waals surface area contributed by atoms with Gasteiger partial charge in [-0.2, -0.15) is 9.61 Å². The number of carbonyl (C=O) groups is 2. The molecule has 0 atom stereocenters. The molecule has 176 valence electrons. The average molecular weight is 463 g/mol. The zero-order chi connectivity index (χ0) is 24.0. The third-order valence-corrected chi connectivity index (χ3v) is 6.04. The maximum Gasteiger partial charge on any atom is 0.270 e. The van der Waals surface area contributed by atoms with Gasteiger partial charge in [0.2, 0.25) is 5.88 Å². The van der Waals surface area contributed by atoms with Crippen LogP contribution in [0.4, 0.5) is 5.69 Å². The van der Waals surface area contributed by atoms with Crippen molar-refractivity contribution in [3.63, 3.8) is 0 Å². The Bertz CT molecular complexity index is 1380. The van der Waals surface area contributed by atoms with Gasteiger partial charge in [-0.1, -0.05) is 13.8 Å². The quantitative estimate of drug-likeness (QED) is 0.538. The largest absolute Gasteiger partial charge is 0.492 e. The number of pyridine rings is 1. The molecule has 1 fully saturated rings. The van der Waals surface area contributed by atoms with Gasteiger partial charge in [0.1, 0.15) is 5.65 Å². The second kappa shape index (κ2) is 8.44. The van der Waals surface area contributed by atoms with E-state index < -0.39 is 17.3 Å². The van der Waals surface area contributed by atoms with Crippen LogP contribution in [0.3, 0.4) is 0 Å².